The summed E-state index contributed by atoms with van der Waals surface area (Å²) in [6, 6.07) is 72.9. The molecule has 13 rings (SSSR count). The molecule has 544 valence electrons. The summed E-state index contributed by atoms with van der Waals surface area (Å²) in [5, 5.41) is 47.5. The van der Waals surface area contributed by atoms with Gasteiger partial charge < -0.3 is 53.9 Å². The Morgan fingerprint density at radius 2 is 0.752 bits per heavy atom. The number of aromatic nitrogens is 7. The molecule has 105 heavy (non-hydrogen) atoms. The molecule has 0 unspecified atom stereocenters. The van der Waals surface area contributed by atoms with E-state index in [1.807, 2.05) is 199 Å². The van der Waals surface area contributed by atoms with Gasteiger partial charge in [-0.15, -0.1) is 0 Å². The van der Waals surface area contributed by atoms with Crippen LogP contribution in [-0.4, -0.2) is 77.8 Å². The molecule has 0 aliphatic carbocycles. The molecule has 0 spiro atoms. The van der Waals surface area contributed by atoms with Gasteiger partial charge in [-0.1, -0.05) is 202 Å². The normalized spacial score (nSPS) is 12.0. The maximum Gasteiger partial charge on any atom is 0.293 e. The third-order valence-electron chi connectivity index (χ3n) is 18.4. The van der Waals surface area contributed by atoms with Gasteiger partial charge in [0.05, 0.1) is 32.5 Å². The van der Waals surface area contributed by atoms with Crippen LogP contribution in [0.4, 0.5) is 0 Å². The van der Waals surface area contributed by atoms with Crippen LogP contribution >= 0.6 is 0 Å². The molecule has 6 aromatic carbocycles. The number of hydrogen-bond donors (Lipinski definition) is 6. The van der Waals surface area contributed by atoms with E-state index in [0.717, 1.165) is 122 Å². The second-order valence-electron chi connectivity index (χ2n) is 26.1. The molecule has 7 heterocycles. The van der Waals surface area contributed by atoms with Crippen molar-refractivity contribution < 1.29 is 20.4 Å². The van der Waals surface area contributed by atoms with Crippen molar-refractivity contribution in [1.29, 1.82) is 0 Å². The Morgan fingerprint density at radius 1 is 0.371 bits per heavy atom. The van der Waals surface area contributed by atoms with Gasteiger partial charge in [0.15, 0.2) is 23.0 Å². The maximum absolute atomic E-state index is 12.6. The quantitative estimate of drug-likeness (QED) is 0.0251. The highest BCUT2D eigenvalue weighted by atomic mass is 16.3. The lowest BCUT2D eigenvalue weighted by Gasteiger charge is -2.32. The third-order valence-corrected chi connectivity index (χ3v) is 18.4. The van der Waals surface area contributed by atoms with Crippen LogP contribution in [0.3, 0.4) is 0 Å². The lowest BCUT2D eigenvalue weighted by Crippen LogP contribution is -2.33. The van der Waals surface area contributed by atoms with Gasteiger partial charge in [0, 0.05) is 117 Å². The Morgan fingerprint density at radius 3 is 1.16 bits per heavy atom. The van der Waals surface area contributed by atoms with Crippen LogP contribution < -0.4 is 32.9 Å². The van der Waals surface area contributed by atoms with Gasteiger partial charge in [0.1, 0.15) is 0 Å². The molecule has 0 radical (unpaired) electrons. The molecule has 0 atom stereocenters. The predicted molar refractivity (Wildman–Crippen MR) is 418 cm³/mol. The molecular formula is C87H98N10O8. The van der Waals surface area contributed by atoms with Crippen LogP contribution in [0.5, 0.6) is 23.0 Å². The average molecular weight is 1410 g/mol. The monoisotopic (exact) mass is 1410 g/mol. The SMILES string of the molecule is C.O=c1c(O)c(CCCC2CCN(Cc3ccccc3)CC2)ccn1Cc1ccccc1.O=c1c(O)c(CCCCn2ccnc2)ccn1Cc1ccccc1.O=c1c(O)c(CNCCc2ccccn2)ccn1Cc1ccccc1.O=c1c(O)c(CNCc2ccccc2)ccn1Cc1ccccc1. The van der Waals surface area contributed by atoms with Gasteiger partial charge in [-0.3, -0.25) is 29.1 Å². The topological polar surface area (TPSA) is 227 Å². The zero-order valence-electron chi connectivity index (χ0n) is 58.9. The Bertz CT molecular complexity index is 4750. The Hall–Kier alpha value is -11.4. The molecule has 18 nitrogen and oxygen atoms in total. The van der Waals surface area contributed by atoms with E-state index in [0.29, 0.717) is 63.4 Å². The second kappa shape index (κ2) is 41.6. The van der Waals surface area contributed by atoms with E-state index in [1.54, 1.807) is 58.6 Å². The fourth-order valence-electron chi connectivity index (χ4n) is 12.5. The Labute approximate surface area is 615 Å². The van der Waals surface area contributed by atoms with Gasteiger partial charge in [-0.05, 0) is 134 Å². The standard InChI is InChI=1S/C27H32N2O2.C20H21N3O2.C20H20N2O2.C19H21N3O2.CH4/c30-26-25(16-19-29(27(26)31)21-24-10-5-2-6-11-24)13-7-12-22-14-17-28(18-15-22)20-23-8-3-1-4-9-23;24-19-17(14-21-12-9-18-8-4-5-11-22-18)10-13-23(20(19)25)15-16-6-2-1-3-7-16;23-19-18(14-21-13-16-7-3-1-4-8-16)11-12-22(20(19)24)15-17-9-5-2-6-10-17;23-18-17(8-4-5-11-21-13-10-20-15-21)9-12-22(19(18)24)14-16-6-2-1-3-7-16;/h1-6,8-11,16,19,22,30H,7,12-15,17-18,20-21H2;1-8,10-11,13,21,24H,9,12,14-15H2;1-12,21,23H,13-15H2;1-3,6-7,9-10,12-13,15,23H,4-5,8,11,14H2;1H4. The third kappa shape index (κ3) is 24.6. The van der Waals surface area contributed by atoms with Crippen molar-refractivity contribution in [3.8, 4) is 23.0 Å². The Kier molecular flexibility index (Phi) is 30.8. The van der Waals surface area contributed by atoms with Gasteiger partial charge in [0.25, 0.3) is 22.2 Å². The number of unbranched alkanes of at least 4 members (excludes halogenated alkanes) is 1. The lowest BCUT2D eigenvalue weighted by molar-refractivity contribution is 0.171. The average Bonchev–Trinajstić information content (AvgIpc) is 0.944. The maximum atomic E-state index is 12.6. The molecule has 0 bridgehead atoms. The van der Waals surface area contributed by atoms with E-state index in [1.165, 1.54) is 27.5 Å². The van der Waals surface area contributed by atoms with Crippen LogP contribution in [0.1, 0.15) is 107 Å². The van der Waals surface area contributed by atoms with E-state index in [9.17, 15) is 39.6 Å². The number of nitrogens with zero attached hydrogens (tertiary/aromatic N) is 8. The molecule has 0 saturated carbocycles. The number of aromatic hydroxyl groups is 4. The fourth-order valence-corrected chi connectivity index (χ4v) is 12.5. The van der Waals surface area contributed by atoms with Crippen LogP contribution in [0, 0.1) is 5.92 Å². The number of rotatable bonds is 28. The highest BCUT2D eigenvalue weighted by Gasteiger charge is 2.20. The highest BCUT2D eigenvalue weighted by Crippen LogP contribution is 2.26. The number of nitrogens with one attached hydrogen (secondary N) is 2. The number of likely N-dealkylation sites (tertiary alicyclic amines) is 1. The van der Waals surface area contributed by atoms with Crippen molar-refractivity contribution in [2.24, 2.45) is 5.92 Å². The summed E-state index contributed by atoms with van der Waals surface area (Å²) in [5.74, 6) is 0.151. The Balaban J connectivity index is 0.000000163. The predicted octanol–water partition coefficient (Wildman–Crippen LogP) is 13.5. The first-order valence-electron chi connectivity index (χ1n) is 35.8. The van der Waals surface area contributed by atoms with E-state index < -0.39 is 0 Å². The van der Waals surface area contributed by atoms with Crippen LogP contribution in [-0.2, 0) is 78.2 Å². The first-order chi connectivity index (χ1) is 50.9. The van der Waals surface area contributed by atoms with Crippen molar-refractivity contribution in [3.05, 3.63) is 377 Å². The van der Waals surface area contributed by atoms with Gasteiger partial charge in [0.2, 0.25) is 0 Å². The molecule has 6 N–H and O–H groups in total. The smallest absolute Gasteiger partial charge is 0.293 e. The number of imidazole rings is 1. The van der Waals surface area contributed by atoms with Gasteiger partial charge in [-0.2, -0.15) is 0 Å². The highest BCUT2D eigenvalue weighted by molar-refractivity contribution is 5.34. The first-order valence-corrected chi connectivity index (χ1v) is 35.8. The second-order valence-corrected chi connectivity index (χ2v) is 26.1. The van der Waals surface area contributed by atoms with Gasteiger partial charge >= 0.3 is 0 Å². The summed E-state index contributed by atoms with van der Waals surface area (Å²) in [4.78, 5) is 60.3. The van der Waals surface area contributed by atoms with E-state index in [2.05, 4.69) is 55.8 Å². The molecule has 1 aliphatic heterocycles. The summed E-state index contributed by atoms with van der Waals surface area (Å²) < 4.78 is 8.18. The number of aryl methyl sites for hydroxylation is 3. The van der Waals surface area contributed by atoms with E-state index >= 15 is 0 Å². The van der Waals surface area contributed by atoms with Crippen molar-refractivity contribution >= 4 is 0 Å². The summed E-state index contributed by atoms with van der Waals surface area (Å²) in [6.45, 7) is 8.39. The molecular weight excluding hydrogens is 1310 g/mol. The van der Waals surface area contributed by atoms with Crippen molar-refractivity contribution in [2.75, 3.05) is 19.6 Å². The van der Waals surface area contributed by atoms with E-state index in [-0.39, 0.29) is 52.7 Å². The molecule has 1 saturated heterocycles. The summed E-state index contributed by atoms with van der Waals surface area (Å²) in [6.07, 6.45) is 23.1. The van der Waals surface area contributed by atoms with Crippen molar-refractivity contribution in [3.63, 3.8) is 0 Å². The van der Waals surface area contributed by atoms with Crippen LogP contribution in [0.2, 0.25) is 0 Å². The van der Waals surface area contributed by atoms with Crippen LogP contribution in [0.25, 0.3) is 0 Å². The molecule has 12 aromatic rings. The number of pyridine rings is 5. The zero-order valence-corrected chi connectivity index (χ0v) is 58.9. The summed E-state index contributed by atoms with van der Waals surface area (Å²) >= 11 is 0. The van der Waals surface area contributed by atoms with Crippen molar-refractivity contribution in [1.82, 2.24) is 48.3 Å². The molecule has 18 heteroatoms. The largest absolute Gasteiger partial charge is 0.503 e. The molecule has 1 aliphatic rings. The first kappa shape index (κ1) is 77.7. The minimum Gasteiger partial charge on any atom is -0.503 e. The van der Waals surface area contributed by atoms with E-state index in [4.69, 9.17) is 0 Å². The minimum atomic E-state index is -0.368. The summed E-state index contributed by atoms with van der Waals surface area (Å²) in [5.41, 5.74) is 9.04. The zero-order chi connectivity index (χ0) is 72.5. The molecule has 6 aromatic heterocycles. The number of hydrogen-bond acceptors (Lipinski definition) is 13. The summed E-state index contributed by atoms with van der Waals surface area (Å²) in [7, 11) is 0. The molecule has 1 fully saturated rings. The lowest BCUT2D eigenvalue weighted by atomic mass is 9.90. The number of piperidine rings is 1. The minimum absolute atomic E-state index is 0. The van der Waals surface area contributed by atoms with Crippen LogP contribution in [0.15, 0.2) is 293 Å². The number of benzene rings is 6. The fraction of sp³-hybridized carbons (Fsp3) is 0.264. The van der Waals surface area contributed by atoms with Gasteiger partial charge in [-0.25, -0.2) is 4.98 Å². The molecule has 0 amide bonds. The van der Waals surface area contributed by atoms with Crippen molar-refractivity contribution in [2.45, 2.75) is 124 Å².